The summed E-state index contributed by atoms with van der Waals surface area (Å²) in [6.45, 7) is 0. The third kappa shape index (κ3) is 2.93. The predicted octanol–water partition coefficient (Wildman–Crippen LogP) is 1.58. The number of carbonyl (C=O) groups excluding carboxylic acids is 1. The number of carbonyl (C=O) groups is 2. The van der Waals surface area contributed by atoms with Gasteiger partial charge in [-0.1, -0.05) is 6.42 Å². The summed E-state index contributed by atoms with van der Waals surface area (Å²) in [5, 5.41) is 22.2. The molecule has 2 atom stereocenters. The van der Waals surface area contributed by atoms with Crippen LogP contribution in [0.3, 0.4) is 0 Å². The average Bonchev–Trinajstić information content (AvgIpc) is 2.87. The number of carboxylic acids is 1. The van der Waals surface area contributed by atoms with E-state index in [1.807, 2.05) is 0 Å². The molecule has 0 aliphatic heterocycles. The molecule has 2 N–H and O–H groups in total. The Balaban J connectivity index is 2.04. The van der Waals surface area contributed by atoms with Crippen molar-refractivity contribution in [1.29, 1.82) is 0 Å². The van der Waals surface area contributed by atoms with Crippen molar-refractivity contribution in [3.05, 3.63) is 39.9 Å². The Morgan fingerprint density at radius 2 is 1.90 bits per heavy atom. The van der Waals surface area contributed by atoms with Crippen molar-refractivity contribution in [2.45, 2.75) is 25.3 Å². The maximum Gasteiger partial charge on any atom is 0.308 e. The molecule has 1 fully saturated rings. The van der Waals surface area contributed by atoms with Crippen molar-refractivity contribution in [2.24, 2.45) is 5.92 Å². The molecule has 1 saturated carbocycles. The van der Waals surface area contributed by atoms with E-state index in [9.17, 15) is 19.7 Å². The van der Waals surface area contributed by atoms with Crippen LogP contribution in [0.1, 0.15) is 29.6 Å². The molecule has 1 aromatic carbocycles. The normalized spacial score (nSPS) is 21.4. The Morgan fingerprint density at radius 1 is 1.25 bits per heavy atom. The second-order valence-corrected chi connectivity index (χ2v) is 4.76. The molecule has 0 aromatic heterocycles. The zero-order valence-electron chi connectivity index (χ0n) is 10.6. The van der Waals surface area contributed by atoms with Gasteiger partial charge in [-0.3, -0.25) is 19.7 Å². The van der Waals surface area contributed by atoms with Crippen molar-refractivity contribution in [2.75, 3.05) is 0 Å². The first-order chi connectivity index (χ1) is 9.49. The number of nitro groups is 1. The smallest absolute Gasteiger partial charge is 0.308 e. The highest BCUT2D eigenvalue weighted by molar-refractivity contribution is 5.95. The molecular formula is C13H14N2O5. The third-order valence-corrected chi connectivity index (χ3v) is 3.49. The molecule has 1 amide bonds. The van der Waals surface area contributed by atoms with E-state index in [2.05, 4.69) is 5.32 Å². The quantitative estimate of drug-likeness (QED) is 0.641. The molecule has 2 rings (SSSR count). The van der Waals surface area contributed by atoms with E-state index >= 15 is 0 Å². The van der Waals surface area contributed by atoms with Crippen LogP contribution in [0, 0.1) is 16.0 Å². The number of amides is 1. The summed E-state index contributed by atoms with van der Waals surface area (Å²) in [4.78, 5) is 33.0. The first-order valence-corrected chi connectivity index (χ1v) is 6.27. The monoisotopic (exact) mass is 278 g/mol. The SMILES string of the molecule is O=C(NC1CCCC1C(=O)O)c1ccc([N+](=O)[O-])cc1. The number of benzene rings is 1. The highest BCUT2D eigenvalue weighted by Crippen LogP contribution is 2.26. The summed E-state index contributed by atoms with van der Waals surface area (Å²) in [7, 11) is 0. The van der Waals surface area contributed by atoms with Gasteiger partial charge in [0.25, 0.3) is 11.6 Å². The molecule has 0 radical (unpaired) electrons. The van der Waals surface area contributed by atoms with E-state index in [0.717, 1.165) is 6.42 Å². The zero-order chi connectivity index (χ0) is 14.7. The molecule has 1 aromatic rings. The number of nitrogens with zero attached hydrogens (tertiary/aromatic N) is 1. The van der Waals surface area contributed by atoms with Gasteiger partial charge in [-0.2, -0.15) is 0 Å². The second-order valence-electron chi connectivity index (χ2n) is 4.76. The molecule has 1 aliphatic carbocycles. The van der Waals surface area contributed by atoms with Crippen LogP contribution in [-0.4, -0.2) is 27.9 Å². The molecule has 7 nitrogen and oxygen atoms in total. The van der Waals surface area contributed by atoms with Gasteiger partial charge in [-0.25, -0.2) is 0 Å². The molecule has 20 heavy (non-hydrogen) atoms. The summed E-state index contributed by atoms with van der Waals surface area (Å²) in [6, 6.07) is 4.84. The van der Waals surface area contributed by atoms with Gasteiger partial charge in [-0.15, -0.1) is 0 Å². The second kappa shape index (κ2) is 5.68. The molecule has 0 bridgehead atoms. The lowest BCUT2D eigenvalue weighted by Gasteiger charge is -2.17. The minimum Gasteiger partial charge on any atom is -0.481 e. The third-order valence-electron chi connectivity index (χ3n) is 3.49. The fraction of sp³-hybridized carbons (Fsp3) is 0.385. The Labute approximate surface area is 114 Å². The summed E-state index contributed by atoms with van der Waals surface area (Å²) in [6.07, 6.45) is 1.96. The van der Waals surface area contributed by atoms with Gasteiger partial charge in [0.1, 0.15) is 0 Å². The Morgan fingerprint density at radius 3 is 2.45 bits per heavy atom. The number of non-ortho nitro benzene ring substituents is 1. The van der Waals surface area contributed by atoms with Crippen LogP contribution >= 0.6 is 0 Å². The zero-order valence-corrected chi connectivity index (χ0v) is 10.6. The standard InChI is InChI=1S/C13H14N2O5/c16-12(8-4-6-9(7-5-8)15(19)20)14-11-3-1-2-10(11)13(17)18/h4-7,10-11H,1-3H2,(H,14,16)(H,17,18). The fourth-order valence-electron chi connectivity index (χ4n) is 2.41. The Hall–Kier alpha value is -2.44. The first-order valence-electron chi connectivity index (χ1n) is 6.27. The predicted molar refractivity (Wildman–Crippen MR) is 69.3 cm³/mol. The molecule has 0 spiro atoms. The minimum absolute atomic E-state index is 0.0918. The first kappa shape index (κ1) is 14.0. The number of nitrogens with one attached hydrogen (secondary N) is 1. The minimum atomic E-state index is -0.906. The van der Waals surface area contributed by atoms with Crippen LogP contribution in [0.25, 0.3) is 0 Å². The molecule has 0 heterocycles. The molecular weight excluding hydrogens is 264 g/mol. The van der Waals surface area contributed by atoms with Crippen molar-refractivity contribution in [3.8, 4) is 0 Å². The molecule has 0 saturated heterocycles. The highest BCUT2D eigenvalue weighted by Gasteiger charge is 2.33. The Bertz CT molecular complexity index is 540. The van der Waals surface area contributed by atoms with E-state index in [4.69, 9.17) is 5.11 Å². The lowest BCUT2D eigenvalue weighted by atomic mass is 10.0. The van der Waals surface area contributed by atoms with Crippen LogP contribution in [0.5, 0.6) is 0 Å². The van der Waals surface area contributed by atoms with Crippen LogP contribution in [0.2, 0.25) is 0 Å². The van der Waals surface area contributed by atoms with Crippen LogP contribution in [-0.2, 0) is 4.79 Å². The summed E-state index contributed by atoms with van der Waals surface area (Å²) >= 11 is 0. The topological polar surface area (TPSA) is 110 Å². The fourth-order valence-corrected chi connectivity index (χ4v) is 2.41. The summed E-state index contributed by atoms with van der Waals surface area (Å²) in [5.41, 5.74) is 0.192. The van der Waals surface area contributed by atoms with Gasteiger partial charge in [-0.05, 0) is 25.0 Å². The van der Waals surface area contributed by atoms with Gasteiger partial charge in [0.2, 0.25) is 0 Å². The summed E-state index contributed by atoms with van der Waals surface area (Å²) in [5.74, 6) is -1.87. The van der Waals surface area contributed by atoms with Crippen molar-refractivity contribution in [1.82, 2.24) is 5.32 Å². The van der Waals surface area contributed by atoms with E-state index in [1.165, 1.54) is 24.3 Å². The van der Waals surface area contributed by atoms with E-state index in [-0.39, 0.29) is 17.3 Å². The number of hydrogen-bond acceptors (Lipinski definition) is 4. The molecule has 2 unspecified atom stereocenters. The van der Waals surface area contributed by atoms with Gasteiger partial charge < -0.3 is 10.4 Å². The maximum absolute atomic E-state index is 12.0. The van der Waals surface area contributed by atoms with E-state index in [1.54, 1.807) is 0 Å². The van der Waals surface area contributed by atoms with Gasteiger partial charge in [0.05, 0.1) is 10.8 Å². The summed E-state index contributed by atoms with van der Waals surface area (Å²) < 4.78 is 0. The molecule has 1 aliphatic rings. The molecule has 7 heteroatoms. The number of aliphatic carboxylic acids is 1. The lowest BCUT2D eigenvalue weighted by molar-refractivity contribution is -0.384. The Kier molecular flexibility index (Phi) is 3.97. The average molecular weight is 278 g/mol. The van der Waals surface area contributed by atoms with Gasteiger partial charge in [0, 0.05) is 23.7 Å². The number of hydrogen-bond donors (Lipinski definition) is 2. The van der Waals surface area contributed by atoms with Crippen molar-refractivity contribution in [3.63, 3.8) is 0 Å². The van der Waals surface area contributed by atoms with Crippen LogP contribution in [0.15, 0.2) is 24.3 Å². The van der Waals surface area contributed by atoms with Crippen LogP contribution in [0.4, 0.5) is 5.69 Å². The molecule has 106 valence electrons. The van der Waals surface area contributed by atoms with E-state index in [0.29, 0.717) is 12.8 Å². The maximum atomic E-state index is 12.0. The van der Waals surface area contributed by atoms with Crippen LogP contribution < -0.4 is 5.32 Å². The number of rotatable bonds is 4. The number of carboxylic acid groups (broad SMARTS) is 1. The largest absolute Gasteiger partial charge is 0.481 e. The van der Waals surface area contributed by atoms with Crippen molar-refractivity contribution < 1.29 is 19.6 Å². The number of nitro benzene ring substituents is 1. The van der Waals surface area contributed by atoms with E-state index < -0.39 is 22.7 Å². The lowest BCUT2D eigenvalue weighted by Crippen LogP contribution is -2.40. The van der Waals surface area contributed by atoms with Crippen molar-refractivity contribution >= 4 is 17.6 Å². The van der Waals surface area contributed by atoms with Gasteiger partial charge >= 0.3 is 5.97 Å². The van der Waals surface area contributed by atoms with Gasteiger partial charge in [0.15, 0.2) is 0 Å². The highest BCUT2D eigenvalue weighted by atomic mass is 16.6.